The van der Waals surface area contributed by atoms with Gasteiger partial charge in [0.15, 0.2) is 5.75 Å². The lowest BCUT2D eigenvalue weighted by atomic mass is 10.1. The number of carboxylic acid groups (broad SMARTS) is 1. The van der Waals surface area contributed by atoms with Crippen molar-refractivity contribution in [3.8, 4) is 11.8 Å². The number of carboxylic acids is 1. The van der Waals surface area contributed by atoms with Crippen LogP contribution in [-0.2, 0) is 0 Å². The molecule has 0 aliphatic carbocycles. The number of benzene rings is 1. The summed E-state index contributed by atoms with van der Waals surface area (Å²) in [5, 5.41) is 29.7. The number of para-hydroxylation sites is 1. The first-order valence-corrected chi connectivity index (χ1v) is 5.83. The van der Waals surface area contributed by atoms with Crippen molar-refractivity contribution < 1.29 is 19.8 Å². The van der Waals surface area contributed by atoms with E-state index in [1.165, 1.54) is 30.1 Å². The third-order valence-electron chi connectivity index (χ3n) is 2.62. The Bertz CT molecular complexity index is 565. The van der Waals surface area contributed by atoms with Gasteiger partial charge >= 0.3 is 12.0 Å². The number of urea groups is 1. The molecule has 2 amide bonds. The highest BCUT2D eigenvalue weighted by molar-refractivity contribution is 5.97. The predicted molar refractivity (Wildman–Crippen MR) is 71.5 cm³/mol. The lowest BCUT2D eigenvalue weighted by molar-refractivity contribution is 0.0693. The molecule has 3 N–H and O–H groups in total. The van der Waals surface area contributed by atoms with Gasteiger partial charge in [0, 0.05) is 13.6 Å². The second kappa shape index (κ2) is 6.43. The number of rotatable bonds is 4. The van der Waals surface area contributed by atoms with Crippen LogP contribution in [0, 0.1) is 17.2 Å². The van der Waals surface area contributed by atoms with Gasteiger partial charge in [-0.05, 0) is 19.1 Å². The Kier molecular flexibility index (Phi) is 4.92. The Morgan fingerprint density at radius 3 is 2.70 bits per heavy atom. The third kappa shape index (κ3) is 3.62. The topological polar surface area (TPSA) is 114 Å². The van der Waals surface area contributed by atoms with Crippen LogP contribution in [0.2, 0.25) is 0 Å². The van der Waals surface area contributed by atoms with Crippen LogP contribution in [0.4, 0.5) is 10.5 Å². The summed E-state index contributed by atoms with van der Waals surface area (Å²) in [5.74, 6) is -2.12. The molecule has 0 saturated heterocycles. The molecule has 1 aromatic rings. The Hall–Kier alpha value is -2.75. The van der Waals surface area contributed by atoms with Crippen LogP contribution in [-0.4, -0.2) is 40.7 Å². The summed E-state index contributed by atoms with van der Waals surface area (Å²) in [6, 6.07) is 5.50. The summed E-state index contributed by atoms with van der Waals surface area (Å²) in [4.78, 5) is 24.0. The van der Waals surface area contributed by atoms with Crippen molar-refractivity contribution in [1.82, 2.24) is 4.90 Å². The van der Waals surface area contributed by atoms with Gasteiger partial charge in [-0.15, -0.1) is 0 Å². The molecule has 1 unspecified atom stereocenters. The number of nitrogens with one attached hydrogen (secondary N) is 1. The Labute approximate surface area is 116 Å². The van der Waals surface area contributed by atoms with Crippen LogP contribution < -0.4 is 5.32 Å². The average Bonchev–Trinajstić information content (AvgIpc) is 2.40. The molecular weight excluding hydrogens is 262 g/mol. The first kappa shape index (κ1) is 15.3. The number of hydrogen-bond donors (Lipinski definition) is 3. The van der Waals surface area contributed by atoms with Crippen LogP contribution in [0.5, 0.6) is 5.75 Å². The van der Waals surface area contributed by atoms with Crippen molar-refractivity contribution in [1.29, 1.82) is 5.26 Å². The highest BCUT2D eigenvalue weighted by Gasteiger charge is 2.17. The lowest BCUT2D eigenvalue weighted by Crippen LogP contribution is -2.34. The normalized spacial score (nSPS) is 11.2. The van der Waals surface area contributed by atoms with Gasteiger partial charge < -0.3 is 20.4 Å². The molecule has 0 spiro atoms. The molecule has 1 rings (SSSR count). The summed E-state index contributed by atoms with van der Waals surface area (Å²) < 4.78 is 0. The first-order valence-electron chi connectivity index (χ1n) is 5.83. The van der Waals surface area contributed by atoms with Crippen molar-refractivity contribution in [3.63, 3.8) is 0 Å². The molecule has 0 saturated carbocycles. The molecule has 0 aliphatic heterocycles. The Morgan fingerprint density at radius 2 is 2.15 bits per heavy atom. The minimum Gasteiger partial charge on any atom is -0.505 e. The smallest absolute Gasteiger partial charge is 0.339 e. The van der Waals surface area contributed by atoms with Crippen molar-refractivity contribution in [2.45, 2.75) is 6.92 Å². The number of anilines is 1. The zero-order valence-corrected chi connectivity index (χ0v) is 11.1. The van der Waals surface area contributed by atoms with Gasteiger partial charge in [0.05, 0.1) is 17.7 Å². The molecule has 0 aromatic heterocycles. The minimum absolute atomic E-state index is 0.00589. The van der Waals surface area contributed by atoms with Crippen LogP contribution >= 0.6 is 0 Å². The SMILES string of the molecule is CC(C#N)CN(C)C(=O)Nc1cccc(C(=O)O)c1O. The number of carbonyl (C=O) groups excluding carboxylic acids is 1. The highest BCUT2D eigenvalue weighted by Crippen LogP contribution is 2.27. The fourth-order valence-electron chi connectivity index (χ4n) is 1.56. The fraction of sp³-hybridized carbons (Fsp3) is 0.308. The van der Waals surface area contributed by atoms with E-state index >= 15 is 0 Å². The van der Waals surface area contributed by atoms with Gasteiger partial charge in [0.1, 0.15) is 5.56 Å². The number of amides is 2. The molecule has 0 bridgehead atoms. The second-order valence-electron chi connectivity index (χ2n) is 4.35. The molecule has 7 heteroatoms. The molecule has 1 aromatic carbocycles. The molecule has 1 atom stereocenters. The number of nitriles is 1. The molecule has 0 radical (unpaired) electrons. The zero-order valence-electron chi connectivity index (χ0n) is 11.1. The molecule has 0 heterocycles. The minimum atomic E-state index is -1.29. The molecule has 106 valence electrons. The number of hydrogen-bond acceptors (Lipinski definition) is 4. The van der Waals surface area contributed by atoms with Gasteiger partial charge in [-0.3, -0.25) is 0 Å². The largest absolute Gasteiger partial charge is 0.505 e. The van der Waals surface area contributed by atoms with Crippen molar-refractivity contribution in [2.75, 3.05) is 18.9 Å². The fourth-order valence-corrected chi connectivity index (χ4v) is 1.56. The van der Waals surface area contributed by atoms with Crippen molar-refractivity contribution in [2.24, 2.45) is 5.92 Å². The molecule has 20 heavy (non-hydrogen) atoms. The molecular formula is C13H15N3O4. The van der Waals surface area contributed by atoms with Gasteiger partial charge in [0.25, 0.3) is 0 Å². The number of aromatic carboxylic acids is 1. The monoisotopic (exact) mass is 277 g/mol. The third-order valence-corrected chi connectivity index (χ3v) is 2.62. The van der Waals surface area contributed by atoms with Crippen LogP contribution in [0.15, 0.2) is 18.2 Å². The van der Waals surface area contributed by atoms with Crippen molar-refractivity contribution >= 4 is 17.7 Å². The summed E-state index contributed by atoms with van der Waals surface area (Å²) in [6.07, 6.45) is 0. The van der Waals surface area contributed by atoms with Gasteiger partial charge in [0.2, 0.25) is 0 Å². The Morgan fingerprint density at radius 1 is 1.50 bits per heavy atom. The van der Waals surface area contributed by atoms with E-state index in [1.807, 2.05) is 6.07 Å². The molecule has 0 fully saturated rings. The lowest BCUT2D eigenvalue weighted by Gasteiger charge is -2.19. The quantitative estimate of drug-likeness (QED) is 0.725. The summed E-state index contributed by atoms with van der Waals surface area (Å²) >= 11 is 0. The van der Waals surface area contributed by atoms with Gasteiger partial charge in [-0.2, -0.15) is 5.26 Å². The number of phenols is 1. The molecule has 0 aliphatic rings. The summed E-state index contributed by atoms with van der Waals surface area (Å²) in [7, 11) is 1.50. The Balaban J connectivity index is 2.84. The van der Waals surface area contributed by atoms with E-state index in [2.05, 4.69) is 5.32 Å². The van der Waals surface area contributed by atoms with E-state index in [0.717, 1.165) is 0 Å². The molecule has 7 nitrogen and oxygen atoms in total. The average molecular weight is 277 g/mol. The van der Waals surface area contributed by atoms with E-state index in [0.29, 0.717) is 0 Å². The maximum Gasteiger partial charge on any atom is 0.339 e. The standard InChI is InChI=1S/C13H15N3O4/c1-8(6-14)7-16(2)13(20)15-10-5-3-4-9(11(10)17)12(18)19/h3-5,8,17H,7H2,1-2H3,(H,15,20)(H,18,19). The van der Waals surface area contributed by atoms with Crippen molar-refractivity contribution in [3.05, 3.63) is 23.8 Å². The van der Waals surface area contributed by atoms with Gasteiger partial charge in [-0.25, -0.2) is 9.59 Å². The van der Waals surface area contributed by atoms with E-state index in [4.69, 9.17) is 10.4 Å². The van der Waals surface area contributed by atoms with E-state index in [9.17, 15) is 14.7 Å². The second-order valence-corrected chi connectivity index (χ2v) is 4.35. The van der Waals surface area contributed by atoms with Crippen LogP contribution in [0.25, 0.3) is 0 Å². The predicted octanol–water partition coefficient (Wildman–Crippen LogP) is 1.71. The van der Waals surface area contributed by atoms with E-state index < -0.39 is 17.7 Å². The number of carbonyl (C=O) groups is 2. The zero-order chi connectivity index (χ0) is 15.3. The van der Waals surface area contributed by atoms with E-state index in [1.54, 1.807) is 6.92 Å². The highest BCUT2D eigenvalue weighted by atomic mass is 16.4. The first-order chi connectivity index (χ1) is 9.36. The summed E-state index contributed by atoms with van der Waals surface area (Å²) in [6.45, 7) is 1.90. The van der Waals surface area contributed by atoms with Crippen LogP contribution in [0.1, 0.15) is 17.3 Å². The van der Waals surface area contributed by atoms with E-state index in [-0.39, 0.29) is 23.7 Å². The van der Waals surface area contributed by atoms with Crippen LogP contribution in [0.3, 0.4) is 0 Å². The number of aromatic hydroxyl groups is 1. The maximum atomic E-state index is 11.8. The summed E-state index contributed by atoms with van der Waals surface area (Å²) in [5.41, 5.74) is -0.290. The van der Waals surface area contributed by atoms with Gasteiger partial charge in [-0.1, -0.05) is 6.07 Å². The number of nitrogens with zero attached hydrogens (tertiary/aromatic N) is 2. The maximum absolute atomic E-state index is 11.8.